The molecule has 26 heavy (non-hydrogen) atoms. The minimum atomic E-state index is -0.646. The zero-order valence-corrected chi connectivity index (χ0v) is 17.1. The van der Waals surface area contributed by atoms with E-state index in [0.29, 0.717) is 22.3 Å². The molecule has 2 aromatic rings. The fourth-order valence-electron chi connectivity index (χ4n) is 2.33. The number of ether oxygens (including phenoxy) is 2. The van der Waals surface area contributed by atoms with Crippen LogP contribution in [0.1, 0.15) is 49.9 Å². The number of esters is 2. The summed E-state index contributed by atoms with van der Waals surface area (Å²) in [5.41, 5.74) is 0.846. The summed E-state index contributed by atoms with van der Waals surface area (Å²) in [6, 6.07) is 0. The molecule has 0 spiro atoms. The maximum atomic E-state index is 12.7. The van der Waals surface area contributed by atoms with E-state index in [0.717, 1.165) is 11.3 Å². The molecule has 0 radical (unpaired) electrons. The quantitative estimate of drug-likeness (QED) is 0.687. The predicted octanol–water partition coefficient (Wildman–Crippen LogP) is 3.25. The number of amides is 1. The second-order valence-electron chi connectivity index (χ2n) is 5.08. The summed E-state index contributed by atoms with van der Waals surface area (Å²) in [5.74, 6) is -1.66. The van der Waals surface area contributed by atoms with Crippen LogP contribution in [0.15, 0.2) is 10.7 Å². The molecule has 10 heteroatoms. The zero-order chi connectivity index (χ0) is 19.4. The molecule has 0 atom stereocenters. The number of aromatic nitrogens is 2. The van der Waals surface area contributed by atoms with E-state index < -0.39 is 17.8 Å². The van der Waals surface area contributed by atoms with Gasteiger partial charge in [-0.15, -0.1) is 11.3 Å². The summed E-state index contributed by atoms with van der Waals surface area (Å²) in [7, 11) is 1.23. The molecule has 2 heterocycles. The van der Waals surface area contributed by atoms with Crippen molar-refractivity contribution < 1.29 is 23.9 Å². The highest BCUT2D eigenvalue weighted by Gasteiger charge is 2.28. The lowest BCUT2D eigenvalue weighted by atomic mass is 10.1. The number of nitrogens with zero attached hydrogens (tertiary/aromatic N) is 2. The third-order valence-corrected chi connectivity index (χ3v) is 5.30. The first-order valence-electron chi connectivity index (χ1n) is 7.77. The van der Waals surface area contributed by atoms with Gasteiger partial charge in [-0.3, -0.25) is 9.48 Å². The van der Waals surface area contributed by atoms with Crippen molar-refractivity contribution in [1.82, 2.24) is 9.78 Å². The Kier molecular flexibility index (Phi) is 6.54. The molecule has 0 aliphatic heterocycles. The van der Waals surface area contributed by atoms with Crippen LogP contribution in [0.2, 0.25) is 0 Å². The average Bonchev–Trinajstić information content (AvgIpc) is 3.14. The number of hydrogen-bond donors (Lipinski definition) is 1. The van der Waals surface area contributed by atoms with Crippen LogP contribution in [0.25, 0.3) is 0 Å². The number of rotatable bonds is 6. The minimum Gasteiger partial charge on any atom is -0.465 e. The molecule has 1 amide bonds. The van der Waals surface area contributed by atoms with Gasteiger partial charge in [0.15, 0.2) is 0 Å². The number of halogens is 1. The molecule has 0 aliphatic rings. The van der Waals surface area contributed by atoms with E-state index in [1.807, 2.05) is 6.92 Å². The van der Waals surface area contributed by atoms with Crippen LogP contribution in [0.5, 0.6) is 0 Å². The smallest absolute Gasteiger partial charge is 0.348 e. The standard InChI is InChI=1S/C16H18BrN3O5S/c1-5-20-11(9(17)7-18-20)13(21)19-14-10(15(22)24-4)8(3)12(26-14)16(23)25-6-2/h7H,5-6H2,1-4H3,(H,19,21). The third-order valence-electron chi connectivity index (χ3n) is 3.53. The normalized spacial score (nSPS) is 10.5. The molecule has 0 saturated heterocycles. The maximum Gasteiger partial charge on any atom is 0.348 e. The van der Waals surface area contributed by atoms with E-state index >= 15 is 0 Å². The van der Waals surface area contributed by atoms with Gasteiger partial charge >= 0.3 is 11.9 Å². The van der Waals surface area contributed by atoms with Gasteiger partial charge in [0.2, 0.25) is 0 Å². The van der Waals surface area contributed by atoms with E-state index in [1.165, 1.54) is 18.0 Å². The Morgan fingerprint density at radius 3 is 2.58 bits per heavy atom. The molecular formula is C16H18BrN3O5S. The fraction of sp³-hybridized carbons (Fsp3) is 0.375. The highest BCUT2D eigenvalue weighted by Crippen LogP contribution is 2.35. The van der Waals surface area contributed by atoms with Crippen molar-refractivity contribution in [3.05, 3.63) is 32.4 Å². The number of methoxy groups -OCH3 is 1. The van der Waals surface area contributed by atoms with Crippen molar-refractivity contribution >= 4 is 50.1 Å². The van der Waals surface area contributed by atoms with Crippen molar-refractivity contribution in [2.45, 2.75) is 27.3 Å². The van der Waals surface area contributed by atoms with Gasteiger partial charge in [-0.05, 0) is 42.3 Å². The maximum absolute atomic E-state index is 12.7. The molecule has 0 saturated carbocycles. The SMILES string of the molecule is CCOC(=O)c1sc(NC(=O)c2c(Br)cnn2CC)c(C(=O)OC)c1C. The highest BCUT2D eigenvalue weighted by atomic mass is 79.9. The van der Waals surface area contributed by atoms with Gasteiger partial charge in [-0.2, -0.15) is 5.10 Å². The number of aryl methyl sites for hydroxylation is 1. The van der Waals surface area contributed by atoms with Gasteiger partial charge in [0, 0.05) is 6.54 Å². The van der Waals surface area contributed by atoms with Gasteiger partial charge in [0.25, 0.3) is 5.91 Å². The Labute approximate surface area is 162 Å². The predicted molar refractivity (Wildman–Crippen MR) is 99.9 cm³/mol. The summed E-state index contributed by atoms with van der Waals surface area (Å²) in [5, 5.41) is 7.00. The Balaban J connectivity index is 2.46. The second-order valence-corrected chi connectivity index (χ2v) is 6.96. The largest absolute Gasteiger partial charge is 0.465 e. The lowest BCUT2D eigenvalue weighted by Crippen LogP contribution is -2.19. The first-order chi connectivity index (χ1) is 12.3. The lowest BCUT2D eigenvalue weighted by Gasteiger charge is -2.08. The zero-order valence-electron chi connectivity index (χ0n) is 14.7. The van der Waals surface area contributed by atoms with Gasteiger partial charge in [-0.1, -0.05) is 0 Å². The van der Waals surface area contributed by atoms with E-state index in [1.54, 1.807) is 13.8 Å². The molecule has 1 N–H and O–H groups in total. The number of nitrogens with one attached hydrogen (secondary N) is 1. The first kappa shape index (κ1) is 20.1. The molecule has 0 fully saturated rings. The van der Waals surface area contributed by atoms with Crippen LogP contribution in [0.3, 0.4) is 0 Å². The van der Waals surface area contributed by atoms with Crippen LogP contribution in [0.4, 0.5) is 5.00 Å². The molecule has 0 aromatic carbocycles. The molecule has 8 nitrogen and oxygen atoms in total. The van der Waals surface area contributed by atoms with Gasteiger partial charge in [-0.25, -0.2) is 9.59 Å². The van der Waals surface area contributed by atoms with E-state index in [4.69, 9.17) is 9.47 Å². The highest BCUT2D eigenvalue weighted by molar-refractivity contribution is 9.10. The number of carbonyl (C=O) groups excluding carboxylic acids is 3. The van der Waals surface area contributed by atoms with Crippen LogP contribution in [-0.2, 0) is 16.0 Å². The average molecular weight is 444 g/mol. The second kappa shape index (κ2) is 8.45. The van der Waals surface area contributed by atoms with Gasteiger partial charge in [0.05, 0.1) is 29.9 Å². The topological polar surface area (TPSA) is 99.5 Å². The van der Waals surface area contributed by atoms with Crippen LogP contribution < -0.4 is 5.32 Å². The molecule has 0 unspecified atom stereocenters. The number of anilines is 1. The van der Waals surface area contributed by atoms with Crippen LogP contribution in [-0.4, -0.2) is 41.3 Å². The monoisotopic (exact) mass is 443 g/mol. The lowest BCUT2D eigenvalue weighted by molar-refractivity contribution is 0.0531. The fourth-order valence-corrected chi connectivity index (χ4v) is 3.89. The van der Waals surface area contributed by atoms with Crippen molar-refractivity contribution in [3.8, 4) is 0 Å². The number of thiophene rings is 1. The third kappa shape index (κ3) is 3.80. The summed E-state index contributed by atoms with van der Waals surface area (Å²) in [6.07, 6.45) is 1.52. The number of hydrogen-bond acceptors (Lipinski definition) is 7. The van der Waals surface area contributed by atoms with Crippen LogP contribution in [0, 0.1) is 6.92 Å². The Bertz CT molecular complexity index is 858. The summed E-state index contributed by atoms with van der Waals surface area (Å²) >= 11 is 4.26. The Hall–Kier alpha value is -2.20. The summed E-state index contributed by atoms with van der Waals surface area (Å²) in [4.78, 5) is 37.2. The summed E-state index contributed by atoms with van der Waals surface area (Å²) < 4.78 is 11.8. The minimum absolute atomic E-state index is 0.132. The van der Waals surface area contributed by atoms with Crippen molar-refractivity contribution in [1.29, 1.82) is 0 Å². The summed E-state index contributed by atoms with van der Waals surface area (Å²) in [6.45, 7) is 5.85. The van der Waals surface area contributed by atoms with E-state index in [2.05, 4.69) is 26.3 Å². The van der Waals surface area contributed by atoms with Crippen molar-refractivity contribution in [2.75, 3.05) is 19.0 Å². The van der Waals surface area contributed by atoms with Crippen molar-refractivity contribution in [2.24, 2.45) is 0 Å². The molecule has 0 aliphatic carbocycles. The molecule has 0 bridgehead atoms. The molecular weight excluding hydrogens is 426 g/mol. The van der Waals surface area contributed by atoms with Gasteiger partial charge < -0.3 is 14.8 Å². The molecule has 140 valence electrons. The first-order valence-corrected chi connectivity index (χ1v) is 9.38. The number of carbonyl (C=O) groups is 3. The molecule has 2 aromatic heterocycles. The Morgan fingerprint density at radius 2 is 2.00 bits per heavy atom. The van der Waals surface area contributed by atoms with E-state index in [9.17, 15) is 14.4 Å². The van der Waals surface area contributed by atoms with Crippen molar-refractivity contribution in [3.63, 3.8) is 0 Å². The van der Waals surface area contributed by atoms with Crippen LogP contribution >= 0.6 is 27.3 Å². The molecule has 2 rings (SSSR count). The van der Waals surface area contributed by atoms with Gasteiger partial charge in [0.1, 0.15) is 15.6 Å². The van der Waals surface area contributed by atoms with E-state index in [-0.39, 0.29) is 22.0 Å². The Morgan fingerprint density at radius 1 is 1.31 bits per heavy atom.